The number of ether oxygens (including phenoxy) is 1. The van der Waals surface area contributed by atoms with Crippen molar-refractivity contribution in [3.8, 4) is 0 Å². The van der Waals surface area contributed by atoms with E-state index in [1.165, 1.54) is 12.0 Å². The Morgan fingerprint density at radius 3 is 2.31 bits per heavy atom. The van der Waals surface area contributed by atoms with Crippen molar-refractivity contribution in [3.05, 3.63) is 0 Å². The Hall–Kier alpha value is -0.580. The molecule has 0 saturated carbocycles. The largest absolute Gasteiger partial charge is 0.468 e. The second-order valence-electron chi connectivity index (χ2n) is 2.83. The van der Waals surface area contributed by atoms with E-state index < -0.39 is 5.97 Å². The molecule has 0 fully saturated rings. The Morgan fingerprint density at radius 1 is 1.46 bits per heavy atom. The highest BCUT2D eigenvalue weighted by Gasteiger charge is 2.18. The zero-order valence-corrected chi connectivity index (χ0v) is 9.63. The Morgan fingerprint density at radius 2 is 2.00 bits per heavy atom. The number of esters is 1. The van der Waals surface area contributed by atoms with E-state index in [1.807, 2.05) is 13.8 Å². The summed E-state index contributed by atoms with van der Waals surface area (Å²) >= 11 is 3.05. The molecule has 0 aromatic carbocycles. The van der Waals surface area contributed by atoms with Crippen molar-refractivity contribution < 1.29 is 14.3 Å². The van der Waals surface area contributed by atoms with Crippen LogP contribution in [0, 0.1) is 0 Å². The maximum absolute atomic E-state index is 11.3. The Kier molecular flexibility index (Phi) is 5.70. The van der Waals surface area contributed by atoms with Gasteiger partial charge in [-0.05, 0) is 13.8 Å². The standard InChI is InChI=1S/C8H14BrNO3/c1-6(2)10(7(11)4-9)5-8(12)13-3/h6H,4-5H2,1-3H3. The van der Waals surface area contributed by atoms with E-state index in [9.17, 15) is 9.59 Å². The van der Waals surface area contributed by atoms with Crippen LogP contribution in [0.15, 0.2) is 0 Å². The molecule has 0 aromatic rings. The number of halogens is 1. The van der Waals surface area contributed by atoms with Gasteiger partial charge in [-0.3, -0.25) is 9.59 Å². The minimum Gasteiger partial charge on any atom is -0.468 e. The van der Waals surface area contributed by atoms with Crippen LogP contribution in [0.4, 0.5) is 0 Å². The highest BCUT2D eigenvalue weighted by molar-refractivity contribution is 9.09. The number of carbonyl (C=O) groups excluding carboxylic acids is 2. The van der Waals surface area contributed by atoms with E-state index in [2.05, 4.69) is 20.7 Å². The maximum Gasteiger partial charge on any atom is 0.325 e. The van der Waals surface area contributed by atoms with E-state index >= 15 is 0 Å². The van der Waals surface area contributed by atoms with E-state index in [4.69, 9.17) is 0 Å². The lowest BCUT2D eigenvalue weighted by molar-refractivity contribution is -0.147. The second kappa shape index (κ2) is 5.96. The van der Waals surface area contributed by atoms with Crippen molar-refractivity contribution in [3.63, 3.8) is 0 Å². The van der Waals surface area contributed by atoms with Gasteiger partial charge in [-0.1, -0.05) is 15.9 Å². The third-order valence-electron chi connectivity index (χ3n) is 1.59. The average Bonchev–Trinajstić information content (AvgIpc) is 2.11. The molecule has 0 radical (unpaired) electrons. The quantitative estimate of drug-likeness (QED) is 0.549. The zero-order chi connectivity index (χ0) is 10.4. The van der Waals surface area contributed by atoms with Crippen LogP contribution in [0.25, 0.3) is 0 Å². The third kappa shape index (κ3) is 4.26. The van der Waals surface area contributed by atoms with Gasteiger partial charge in [-0.2, -0.15) is 0 Å². The molecule has 0 spiro atoms. The minimum absolute atomic E-state index is 0.00384. The van der Waals surface area contributed by atoms with Crippen molar-refractivity contribution in [1.29, 1.82) is 0 Å². The fourth-order valence-corrected chi connectivity index (χ4v) is 1.16. The predicted molar refractivity (Wildman–Crippen MR) is 52.7 cm³/mol. The molecule has 1 amide bonds. The molecule has 13 heavy (non-hydrogen) atoms. The van der Waals surface area contributed by atoms with Crippen LogP contribution in [-0.4, -0.2) is 41.8 Å². The highest BCUT2D eigenvalue weighted by atomic mass is 79.9. The van der Waals surface area contributed by atoms with Gasteiger partial charge >= 0.3 is 5.97 Å². The topological polar surface area (TPSA) is 46.6 Å². The smallest absolute Gasteiger partial charge is 0.325 e. The van der Waals surface area contributed by atoms with Gasteiger partial charge in [-0.25, -0.2) is 0 Å². The summed E-state index contributed by atoms with van der Waals surface area (Å²) < 4.78 is 4.48. The van der Waals surface area contributed by atoms with Gasteiger partial charge in [0.15, 0.2) is 0 Å². The number of methoxy groups -OCH3 is 1. The van der Waals surface area contributed by atoms with Gasteiger partial charge in [0.2, 0.25) is 5.91 Å². The molecule has 0 unspecified atom stereocenters. The molecule has 0 aliphatic carbocycles. The molecule has 4 nitrogen and oxygen atoms in total. The molecular formula is C8H14BrNO3. The molecule has 0 aromatic heterocycles. The Labute approximate surface area is 86.4 Å². The van der Waals surface area contributed by atoms with Crippen LogP contribution in [0.5, 0.6) is 0 Å². The molecule has 5 heteroatoms. The number of carbonyl (C=O) groups is 2. The van der Waals surface area contributed by atoms with Gasteiger partial charge in [0, 0.05) is 6.04 Å². The number of amides is 1. The van der Waals surface area contributed by atoms with Gasteiger partial charge in [0.1, 0.15) is 6.54 Å². The van der Waals surface area contributed by atoms with Crippen molar-refractivity contribution in [2.45, 2.75) is 19.9 Å². The molecule has 0 aliphatic heterocycles. The molecule has 0 bridgehead atoms. The lowest BCUT2D eigenvalue weighted by atomic mass is 10.3. The normalized spacial score (nSPS) is 9.92. The Bertz CT molecular complexity index is 194. The van der Waals surface area contributed by atoms with E-state index in [0.717, 1.165) is 0 Å². The summed E-state index contributed by atoms with van der Waals surface area (Å²) in [5.41, 5.74) is 0. The number of rotatable bonds is 4. The van der Waals surface area contributed by atoms with Crippen LogP contribution in [0.3, 0.4) is 0 Å². The summed E-state index contributed by atoms with van der Waals surface area (Å²) in [6.07, 6.45) is 0. The molecular weight excluding hydrogens is 238 g/mol. The lowest BCUT2D eigenvalue weighted by Gasteiger charge is -2.24. The lowest BCUT2D eigenvalue weighted by Crippen LogP contribution is -2.41. The number of alkyl halides is 1. The summed E-state index contributed by atoms with van der Waals surface area (Å²) in [6.45, 7) is 3.71. The summed E-state index contributed by atoms with van der Waals surface area (Å²) in [4.78, 5) is 23.7. The monoisotopic (exact) mass is 251 g/mol. The predicted octanol–water partition coefficient (Wildman–Crippen LogP) is 0.791. The summed E-state index contributed by atoms with van der Waals surface area (Å²) in [5.74, 6) is -0.511. The van der Waals surface area contributed by atoms with Crippen LogP contribution in [0.2, 0.25) is 0 Å². The third-order valence-corrected chi connectivity index (χ3v) is 2.06. The van der Waals surface area contributed by atoms with Crippen LogP contribution in [-0.2, 0) is 14.3 Å². The second-order valence-corrected chi connectivity index (χ2v) is 3.39. The van der Waals surface area contributed by atoms with Gasteiger partial charge < -0.3 is 9.64 Å². The van der Waals surface area contributed by atoms with Crippen molar-refractivity contribution in [1.82, 2.24) is 4.90 Å². The maximum atomic E-state index is 11.3. The van der Waals surface area contributed by atoms with Crippen LogP contribution >= 0.6 is 15.9 Å². The van der Waals surface area contributed by atoms with Gasteiger partial charge in [0.25, 0.3) is 0 Å². The first-order valence-corrected chi connectivity index (χ1v) is 5.07. The fourth-order valence-electron chi connectivity index (χ4n) is 0.839. The van der Waals surface area contributed by atoms with E-state index in [0.29, 0.717) is 0 Å². The first-order chi connectivity index (χ1) is 6.02. The van der Waals surface area contributed by atoms with Crippen molar-refractivity contribution >= 4 is 27.8 Å². The zero-order valence-electron chi connectivity index (χ0n) is 8.04. The van der Waals surface area contributed by atoms with Crippen molar-refractivity contribution in [2.75, 3.05) is 19.0 Å². The van der Waals surface area contributed by atoms with E-state index in [1.54, 1.807) is 0 Å². The molecule has 0 saturated heterocycles. The molecule has 0 N–H and O–H groups in total. The summed E-state index contributed by atoms with van der Waals surface area (Å²) in [7, 11) is 1.31. The van der Waals surface area contributed by atoms with E-state index in [-0.39, 0.29) is 23.8 Å². The van der Waals surface area contributed by atoms with Gasteiger partial charge in [0.05, 0.1) is 12.4 Å². The van der Waals surface area contributed by atoms with Gasteiger partial charge in [-0.15, -0.1) is 0 Å². The average molecular weight is 252 g/mol. The molecule has 0 rings (SSSR count). The Balaban J connectivity index is 4.26. The summed E-state index contributed by atoms with van der Waals surface area (Å²) in [5, 5.41) is 0.224. The van der Waals surface area contributed by atoms with Crippen LogP contribution in [0.1, 0.15) is 13.8 Å². The first kappa shape index (κ1) is 12.4. The first-order valence-electron chi connectivity index (χ1n) is 3.95. The van der Waals surface area contributed by atoms with Crippen LogP contribution < -0.4 is 0 Å². The molecule has 0 aliphatic rings. The minimum atomic E-state index is -0.400. The number of nitrogens with zero attached hydrogens (tertiary/aromatic N) is 1. The fraction of sp³-hybridized carbons (Fsp3) is 0.750. The molecule has 0 atom stereocenters. The van der Waals surface area contributed by atoms with Crippen molar-refractivity contribution in [2.24, 2.45) is 0 Å². The SMILES string of the molecule is COC(=O)CN(C(=O)CBr)C(C)C. The number of hydrogen-bond donors (Lipinski definition) is 0. The highest BCUT2D eigenvalue weighted by Crippen LogP contribution is 2.01. The molecule has 0 heterocycles. The summed E-state index contributed by atoms with van der Waals surface area (Å²) in [6, 6.07) is 0.00384. The number of hydrogen-bond acceptors (Lipinski definition) is 3. The molecule has 76 valence electrons.